The van der Waals surface area contributed by atoms with Gasteiger partial charge in [0.05, 0.1) is 0 Å². The molecule has 0 rings (SSSR count). The molecule has 1 N–H and O–H groups in total. The van der Waals surface area contributed by atoms with Crippen LogP contribution in [-0.4, -0.2) is 20.9 Å². The highest BCUT2D eigenvalue weighted by Gasteiger charge is 2.10. The Morgan fingerprint density at radius 2 is 2.38 bits per heavy atom. The zero-order valence-electron chi connectivity index (χ0n) is 4.10. The fourth-order valence-electron chi connectivity index (χ4n) is 0.219. The minimum Gasteiger partial charge on any atom is -0.480 e. The molecule has 4 heteroatoms. The second-order valence-corrected chi connectivity index (χ2v) is 2.89. The Morgan fingerprint density at radius 1 is 1.88 bits per heavy atom. The third-order valence-corrected chi connectivity index (χ3v) is 1.66. The molecule has 2 nitrogen and oxygen atoms in total. The summed E-state index contributed by atoms with van der Waals surface area (Å²) in [4.78, 5) is 9.95. The van der Waals surface area contributed by atoms with Crippen molar-refractivity contribution in [3.8, 4) is 0 Å². The molecular formula is C4H6ClIO2. The van der Waals surface area contributed by atoms with Gasteiger partial charge >= 0.3 is 5.97 Å². The smallest absolute Gasteiger partial charge is 0.321 e. The van der Waals surface area contributed by atoms with Crippen LogP contribution in [0.25, 0.3) is 0 Å². The number of alkyl halides is 2. The van der Waals surface area contributed by atoms with Gasteiger partial charge in [-0.3, -0.25) is 4.79 Å². The van der Waals surface area contributed by atoms with E-state index in [-0.39, 0.29) is 0 Å². The lowest BCUT2D eigenvalue weighted by molar-refractivity contribution is -0.136. The summed E-state index contributed by atoms with van der Waals surface area (Å²) in [5, 5.41) is 7.48. The lowest BCUT2D eigenvalue weighted by atomic mass is 10.3. The van der Waals surface area contributed by atoms with E-state index in [0.29, 0.717) is 6.42 Å². The van der Waals surface area contributed by atoms with E-state index in [1.807, 2.05) is 0 Å². The molecular weight excluding hydrogens is 242 g/mol. The van der Waals surface area contributed by atoms with Gasteiger partial charge in [0.2, 0.25) is 0 Å². The third kappa shape index (κ3) is 3.49. The maximum absolute atomic E-state index is 9.95. The number of carboxylic acids is 1. The van der Waals surface area contributed by atoms with Crippen molar-refractivity contribution < 1.29 is 9.90 Å². The molecule has 48 valence electrons. The molecule has 0 aromatic carbocycles. The first-order valence-electron chi connectivity index (χ1n) is 2.11. The summed E-state index contributed by atoms with van der Waals surface area (Å²) in [6.45, 7) is 0. The molecule has 0 saturated heterocycles. The summed E-state index contributed by atoms with van der Waals surface area (Å²) < 4.78 is 0.790. The first kappa shape index (κ1) is 8.49. The fourth-order valence-corrected chi connectivity index (χ4v) is 1.32. The number of halogens is 2. The van der Waals surface area contributed by atoms with Crippen LogP contribution in [0.1, 0.15) is 6.42 Å². The van der Waals surface area contributed by atoms with Gasteiger partial charge in [-0.1, -0.05) is 22.6 Å². The lowest BCUT2D eigenvalue weighted by Crippen LogP contribution is -2.12. The molecule has 0 amide bonds. The highest BCUT2D eigenvalue weighted by molar-refractivity contribution is 14.1. The van der Waals surface area contributed by atoms with Crippen LogP contribution in [0.4, 0.5) is 0 Å². The van der Waals surface area contributed by atoms with E-state index < -0.39 is 11.3 Å². The number of aliphatic carboxylic acids is 1. The van der Waals surface area contributed by atoms with Gasteiger partial charge < -0.3 is 5.11 Å². The van der Waals surface area contributed by atoms with Gasteiger partial charge in [0.25, 0.3) is 0 Å². The van der Waals surface area contributed by atoms with Crippen LogP contribution in [0.15, 0.2) is 0 Å². The number of carbonyl (C=O) groups is 1. The Morgan fingerprint density at radius 3 is 2.50 bits per heavy atom. The predicted molar refractivity (Wildman–Crippen MR) is 40.8 cm³/mol. The second-order valence-electron chi connectivity index (χ2n) is 1.28. The topological polar surface area (TPSA) is 37.3 Å². The third-order valence-electron chi connectivity index (χ3n) is 0.631. The van der Waals surface area contributed by atoms with Crippen LogP contribution in [0.5, 0.6) is 0 Å². The van der Waals surface area contributed by atoms with Crippen LogP contribution < -0.4 is 0 Å². The van der Waals surface area contributed by atoms with E-state index >= 15 is 0 Å². The van der Waals surface area contributed by atoms with E-state index in [9.17, 15) is 4.79 Å². The van der Waals surface area contributed by atoms with E-state index in [2.05, 4.69) is 22.6 Å². The summed E-state index contributed by atoms with van der Waals surface area (Å²) in [6.07, 6.45) is 0.539. The van der Waals surface area contributed by atoms with Crippen LogP contribution in [0, 0.1) is 0 Å². The first-order chi connectivity index (χ1) is 3.68. The largest absolute Gasteiger partial charge is 0.480 e. The predicted octanol–water partition coefficient (Wildman–Crippen LogP) is 1.50. The molecule has 0 aromatic heterocycles. The molecule has 0 radical (unpaired) electrons. The van der Waals surface area contributed by atoms with Crippen molar-refractivity contribution in [2.75, 3.05) is 4.43 Å². The molecule has 1 unspecified atom stereocenters. The zero-order valence-corrected chi connectivity index (χ0v) is 7.02. The SMILES string of the molecule is O=C(O)C(Cl)CCI. The van der Waals surface area contributed by atoms with E-state index in [4.69, 9.17) is 16.7 Å². The first-order valence-corrected chi connectivity index (χ1v) is 4.07. The number of rotatable bonds is 3. The number of carboxylic acid groups (broad SMARTS) is 1. The quantitative estimate of drug-likeness (QED) is 0.607. The summed E-state index contributed by atoms with van der Waals surface area (Å²) in [5.41, 5.74) is 0. The number of hydrogen-bond donors (Lipinski definition) is 1. The molecule has 0 bridgehead atoms. The summed E-state index contributed by atoms with van der Waals surface area (Å²) in [6, 6.07) is 0. The molecule has 1 atom stereocenters. The maximum atomic E-state index is 9.95. The summed E-state index contributed by atoms with van der Waals surface area (Å²) in [7, 11) is 0. The minimum atomic E-state index is -0.927. The Hall–Kier alpha value is 0.490. The number of hydrogen-bond acceptors (Lipinski definition) is 1. The Balaban J connectivity index is 3.32. The van der Waals surface area contributed by atoms with Crippen molar-refractivity contribution in [2.24, 2.45) is 0 Å². The average Bonchev–Trinajstić information content (AvgIpc) is 1.67. The highest BCUT2D eigenvalue weighted by Crippen LogP contribution is 2.03. The molecule has 0 aromatic rings. The molecule has 0 aliphatic heterocycles. The van der Waals surface area contributed by atoms with Crippen molar-refractivity contribution in [3.05, 3.63) is 0 Å². The summed E-state index contributed by atoms with van der Waals surface area (Å²) in [5.74, 6) is -0.927. The van der Waals surface area contributed by atoms with Crippen LogP contribution in [0.2, 0.25) is 0 Å². The molecule has 0 heterocycles. The normalized spacial score (nSPS) is 13.2. The molecule has 0 fully saturated rings. The van der Waals surface area contributed by atoms with Gasteiger partial charge in [0.15, 0.2) is 0 Å². The van der Waals surface area contributed by atoms with Gasteiger partial charge in [-0.2, -0.15) is 0 Å². The van der Waals surface area contributed by atoms with Crippen LogP contribution in [-0.2, 0) is 4.79 Å². The lowest BCUT2D eigenvalue weighted by Gasteiger charge is -1.96. The van der Waals surface area contributed by atoms with Crippen molar-refractivity contribution >= 4 is 40.2 Å². The fraction of sp³-hybridized carbons (Fsp3) is 0.750. The van der Waals surface area contributed by atoms with Gasteiger partial charge in [-0.25, -0.2) is 0 Å². The van der Waals surface area contributed by atoms with Crippen LogP contribution in [0.3, 0.4) is 0 Å². The van der Waals surface area contributed by atoms with Crippen molar-refractivity contribution in [1.82, 2.24) is 0 Å². The van der Waals surface area contributed by atoms with Gasteiger partial charge in [-0.15, -0.1) is 11.6 Å². The van der Waals surface area contributed by atoms with E-state index in [0.717, 1.165) is 4.43 Å². The Bertz CT molecular complexity index is 86.1. The summed E-state index contributed by atoms with van der Waals surface area (Å²) >= 11 is 7.40. The van der Waals surface area contributed by atoms with E-state index in [1.165, 1.54) is 0 Å². The monoisotopic (exact) mass is 248 g/mol. The van der Waals surface area contributed by atoms with Crippen LogP contribution >= 0.6 is 34.2 Å². The Kier molecular flexibility index (Phi) is 4.64. The van der Waals surface area contributed by atoms with Crippen molar-refractivity contribution in [3.63, 3.8) is 0 Å². The molecule has 0 aliphatic rings. The molecule has 0 saturated carbocycles. The molecule has 8 heavy (non-hydrogen) atoms. The Labute approximate surface area is 66.4 Å². The minimum absolute atomic E-state index is 0.539. The highest BCUT2D eigenvalue weighted by atomic mass is 127. The van der Waals surface area contributed by atoms with Crippen molar-refractivity contribution in [2.45, 2.75) is 11.8 Å². The standard InChI is InChI=1S/C4H6ClIO2/c5-3(1-2-6)4(7)8/h3H,1-2H2,(H,7,8). The van der Waals surface area contributed by atoms with Gasteiger partial charge in [0.1, 0.15) is 5.38 Å². The van der Waals surface area contributed by atoms with Gasteiger partial charge in [-0.05, 0) is 6.42 Å². The average molecular weight is 248 g/mol. The molecule has 0 spiro atoms. The maximum Gasteiger partial charge on any atom is 0.321 e. The van der Waals surface area contributed by atoms with Gasteiger partial charge in [0, 0.05) is 4.43 Å². The second kappa shape index (κ2) is 4.38. The van der Waals surface area contributed by atoms with Crippen molar-refractivity contribution in [1.29, 1.82) is 0 Å². The van der Waals surface area contributed by atoms with E-state index in [1.54, 1.807) is 0 Å². The zero-order chi connectivity index (χ0) is 6.57. The molecule has 0 aliphatic carbocycles.